The van der Waals surface area contributed by atoms with Crippen LogP contribution in [-0.2, 0) is 0 Å². The van der Waals surface area contributed by atoms with Gasteiger partial charge in [-0.1, -0.05) is 6.07 Å². The van der Waals surface area contributed by atoms with E-state index in [1.54, 1.807) is 25.6 Å². The molecule has 0 radical (unpaired) electrons. The van der Waals surface area contributed by atoms with Gasteiger partial charge in [0.25, 0.3) is 0 Å². The van der Waals surface area contributed by atoms with Crippen LogP contribution in [0.5, 0.6) is 11.5 Å². The van der Waals surface area contributed by atoms with Crippen LogP contribution in [0.15, 0.2) is 34.6 Å². The van der Waals surface area contributed by atoms with Gasteiger partial charge in [0, 0.05) is 11.3 Å². The molecule has 1 aromatic heterocycles. The fourth-order valence-corrected chi connectivity index (χ4v) is 3.13. The van der Waals surface area contributed by atoms with Gasteiger partial charge in [0.15, 0.2) is 17.7 Å². The number of nitrogens with zero attached hydrogens (tertiary/aromatic N) is 2. The van der Waals surface area contributed by atoms with E-state index in [1.807, 2.05) is 36.6 Å². The van der Waals surface area contributed by atoms with Crippen LogP contribution >= 0.6 is 11.3 Å². The van der Waals surface area contributed by atoms with Crippen LogP contribution < -0.4 is 20.0 Å². The largest absolute Gasteiger partial charge is 0.493 e. The van der Waals surface area contributed by atoms with Crippen molar-refractivity contribution in [3.8, 4) is 11.5 Å². The lowest BCUT2D eigenvalue weighted by molar-refractivity contribution is -0.0696. The first-order valence-corrected chi connectivity index (χ1v) is 7.36. The van der Waals surface area contributed by atoms with Crippen LogP contribution in [0.4, 0.5) is 0 Å². The Morgan fingerprint density at radius 3 is 2.57 bits per heavy atom. The minimum atomic E-state index is -0.421. The highest BCUT2D eigenvalue weighted by atomic mass is 32.1. The van der Waals surface area contributed by atoms with Crippen molar-refractivity contribution in [3.63, 3.8) is 0 Å². The molecule has 0 saturated heterocycles. The molecular formula is C15H16N2O3S. The second kappa shape index (κ2) is 5.38. The summed E-state index contributed by atoms with van der Waals surface area (Å²) in [5.41, 5.74) is 0.736. The Hall–Kier alpha value is -2.05. The second-order valence-electron chi connectivity index (χ2n) is 4.67. The van der Waals surface area contributed by atoms with Crippen molar-refractivity contribution >= 4 is 17.0 Å². The number of rotatable bonds is 3. The fraction of sp³-hybridized carbons (Fsp3) is 0.267. The van der Waals surface area contributed by atoms with Crippen molar-refractivity contribution in [1.82, 2.24) is 5.06 Å². The van der Waals surface area contributed by atoms with Gasteiger partial charge in [0.1, 0.15) is 0 Å². The van der Waals surface area contributed by atoms with E-state index in [-0.39, 0.29) is 0 Å². The van der Waals surface area contributed by atoms with Crippen molar-refractivity contribution in [3.05, 3.63) is 45.1 Å². The van der Waals surface area contributed by atoms with Crippen molar-refractivity contribution in [2.45, 2.75) is 13.1 Å². The molecule has 0 bridgehead atoms. The molecule has 1 N–H and O–H groups in total. The summed E-state index contributed by atoms with van der Waals surface area (Å²) in [5.74, 6) is 1.25. The van der Waals surface area contributed by atoms with E-state index in [2.05, 4.69) is 4.99 Å². The second-order valence-corrected chi connectivity index (χ2v) is 5.65. The van der Waals surface area contributed by atoms with E-state index in [9.17, 15) is 5.21 Å². The smallest absolute Gasteiger partial charge is 0.180 e. The molecule has 1 atom stereocenters. The zero-order valence-electron chi connectivity index (χ0n) is 12.0. The van der Waals surface area contributed by atoms with E-state index >= 15 is 0 Å². The lowest BCUT2D eigenvalue weighted by atomic mass is 10.1. The minimum Gasteiger partial charge on any atom is -0.493 e. The maximum Gasteiger partial charge on any atom is 0.180 e. The third-order valence-electron chi connectivity index (χ3n) is 3.53. The maximum atomic E-state index is 10.4. The molecule has 21 heavy (non-hydrogen) atoms. The predicted molar refractivity (Wildman–Crippen MR) is 80.1 cm³/mol. The normalized spacial score (nSPS) is 17.2. The van der Waals surface area contributed by atoms with Gasteiger partial charge >= 0.3 is 0 Å². The zero-order valence-corrected chi connectivity index (χ0v) is 12.8. The molecule has 6 heteroatoms. The van der Waals surface area contributed by atoms with Gasteiger partial charge in [-0.15, -0.1) is 11.3 Å². The lowest BCUT2D eigenvalue weighted by Gasteiger charge is -2.27. The van der Waals surface area contributed by atoms with Gasteiger partial charge < -0.3 is 9.47 Å². The molecule has 2 heterocycles. The molecule has 3 rings (SSSR count). The van der Waals surface area contributed by atoms with Crippen LogP contribution in [0.3, 0.4) is 0 Å². The van der Waals surface area contributed by atoms with E-state index in [4.69, 9.17) is 9.47 Å². The average molecular weight is 304 g/mol. The summed E-state index contributed by atoms with van der Waals surface area (Å²) < 4.78 is 10.6. The number of ether oxygens (including phenoxy) is 2. The Morgan fingerprint density at radius 1 is 1.24 bits per heavy atom. The summed E-state index contributed by atoms with van der Waals surface area (Å²) in [6, 6.07) is 7.58. The molecule has 2 aromatic rings. The Morgan fingerprint density at radius 2 is 1.95 bits per heavy atom. The molecule has 5 nitrogen and oxygen atoms in total. The van der Waals surface area contributed by atoms with Gasteiger partial charge in [0.2, 0.25) is 0 Å². The van der Waals surface area contributed by atoms with E-state index in [0.717, 1.165) is 21.2 Å². The third-order valence-corrected chi connectivity index (χ3v) is 4.44. The number of hydroxylamine groups is 2. The number of fused-ring (bicyclic) bond motifs is 1. The molecule has 0 spiro atoms. The van der Waals surface area contributed by atoms with Crippen LogP contribution in [0, 0.1) is 0 Å². The van der Waals surface area contributed by atoms with Crippen LogP contribution in [0.25, 0.3) is 5.70 Å². The summed E-state index contributed by atoms with van der Waals surface area (Å²) in [6.07, 6.45) is -0.421. The molecule has 0 amide bonds. The van der Waals surface area contributed by atoms with E-state index in [0.29, 0.717) is 11.5 Å². The summed E-state index contributed by atoms with van der Waals surface area (Å²) in [5, 5.41) is 15.2. The summed E-state index contributed by atoms with van der Waals surface area (Å²) in [6.45, 7) is 1.86. The van der Waals surface area contributed by atoms with Gasteiger partial charge in [-0.2, -0.15) is 0 Å². The van der Waals surface area contributed by atoms with Gasteiger partial charge in [-0.3, -0.25) is 10.2 Å². The van der Waals surface area contributed by atoms with E-state index in [1.165, 1.54) is 5.06 Å². The lowest BCUT2D eigenvalue weighted by Crippen LogP contribution is -2.39. The number of thiophene rings is 1. The van der Waals surface area contributed by atoms with E-state index < -0.39 is 6.17 Å². The molecule has 0 aliphatic carbocycles. The highest BCUT2D eigenvalue weighted by molar-refractivity contribution is 7.10. The van der Waals surface area contributed by atoms with Crippen molar-refractivity contribution in [2.75, 3.05) is 14.2 Å². The van der Waals surface area contributed by atoms with Gasteiger partial charge in [0.05, 0.1) is 30.2 Å². The Labute approximate surface area is 126 Å². The molecule has 1 aromatic carbocycles. The first-order valence-electron chi connectivity index (χ1n) is 6.48. The zero-order chi connectivity index (χ0) is 15.0. The minimum absolute atomic E-state index is 0.421. The molecule has 1 aliphatic rings. The standard InChI is InChI=1S/C15H16N2O3S/c1-9-10-7-12(19-2)13(20-3)8-11(10)16-15(17(9)18)14-5-4-6-21-14/h4-8,15,18H,1-3H3. The first kappa shape index (κ1) is 13.9. The highest BCUT2D eigenvalue weighted by Gasteiger charge is 2.24. The van der Waals surface area contributed by atoms with Crippen molar-refractivity contribution < 1.29 is 14.7 Å². The average Bonchev–Trinajstić information content (AvgIpc) is 3.03. The molecule has 0 saturated carbocycles. The summed E-state index contributed by atoms with van der Waals surface area (Å²) >= 11 is 1.56. The number of hydrogen-bond donors (Lipinski definition) is 1. The molecule has 1 aliphatic heterocycles. The van der Waals surface area contributed by atoms with Crippen molar-refractivity contribution in [2.24, 2.45) is 4.99 Å². The molecule has 110 valence electrons. The monoisotopic (exact) mass is 304 g/mol. The quantitative estimate of drug-likeness (QED) is 0.941. The highest BCUT2D eigenvalue weighted by Crippen LogP contribution is 2.30. The van der Waals surface area contributed by atoms with Crippen LogP contribution in [0.2, 0.25) is 0 Å². The Balaban J connectivity index is 2.24. The predicted octanol–water partition coefficient (Wildman–Crippen LogP) is 1.92. The van der Waals surface area contributed by atoms with Crippen LogP contribution in [-0.4, -0.2) is 24.5 Å². The maximum absolute atomic E-state index is 10.4. The molecule has 1 unspecified atom stereocenters. The fourth-order valence-electron chi connectivity index (χ4n) is 2.38. The number of hydrogen-bond acceptors (Lipinski definition) is 6. The molecular weight excluding hydrogens is 288 g/mol. The third kappa shape index (κ3) is 2.26. The summed E-state index contributed by atoms with van der Waals surface area (Å²) in [4.78, 5) is 5.62. The molecule has 0 fully saturated rings. The van der Waals surface area contributed by atoms with Gasteiger partial charge in [-0.05, 0) is 24.4 Å². The SMILES string of the molecule is COc1cc2c(cc1OC)=C(C)N(O)C(c1cccs1)N=2. The first-order chi connectivity index (χ1) is 10.2. The Bertz CT molecular complexity index is 771. The number of methoxy groups -OCH3 is 2. The number of benzene rings is 1. The van der Waals surface area contributed by atoms with Crippen molar-refractivity contribution in [1.29, 1.82) is 0 Å². The topological polar surface area (TPSA) is 54.3 Å². The van der Waals surface area contributed by atoms with Gasteiger partial charge in [-0.25, -0.2) is 5.06 Å². The summed E-state index contributed by atoms with van der Waals surface area (Å²) in [7, 11) is 3.18. The van der Waals surface area contributed by atoms with Crippen LogP contribution in [0.1, 0.15) is 18.0 Å². The Kier molecular flexibility index (Phi) is 3.57.